The molecule has 0 aromatic heterocycles. The van der Waals surface area contributed by atoms with E-state index in [4.69, 9.17) is 5.73 Å². The van der Waals surface area contributed by atoms with Gasteiger partial charge in [-0.3, -0.25) is 4.79 Å². The molecule has 3 heteroatoms. The lowest BCUT2D eigenvalue weighted by Crippen LogP contribution is -2.46. The molecule has 74 valence electrons. The zero-order valence-corrected chi connectivity index (χ0v) is 8.36. The summed E-state index contributed by atoms with van der Waals surface area (Å²) in [6.45, 7) is 5.53. The van der Waals surface area contributed by atoms with E-state index in [-0.39, 0.29) is 17.9 Å². The Kier molecular flexibility index (Phi) is 3.48. The highest BCUT2D eigenvalue weighted by atomic mass is 16.2. The molecule has 0 aliphatic carbocycles. The predicted molar refractivity (Wildman–Crippen MR) is 53.2 cm³/mol. The Hall–Kier alpha value is -0.830. The number of nitrogens with zero attached hydrogens (tertiary/aromatic N) is 1. The van der Waals surface area contributed by atoms with Crippen molar-refractivity contribution in [2.75, 3.05) is 13.1 Å². The van der Waals surface area contributed by atoms with E-state index in [9.17, 15) is 4.79 Å². The Morgan fingerprint density at radius 3 is 2.54 bits per heavy atom. The molecule has 13 heavy (non-hydrogen) atoms. The van der Waals surface area contributed by atoms with Crippen molar-refractivity contribution in [1.29, 1.82) is 0 Å². The Balaban J connectivity index is 2.46. The summed E-state index contributed by atoms with van der Waals surface area (Å²) in [5, 5.41) is 0. The van der Waals surface area contributed by atoms with E-state index < -0.39 is 0 Å². The minimum Gasteiger partial charge on any atom is -0.334 e. The summed E-state index contributed by atoms with van der Waals surface area (Å²) in [5.41, 5.74) is 5.83. The quantitative estimate of drug-likeness (QED) is 0.655. The van der Waals surface area contributed by atoms with Crippen molar-refractivity contribution >= 4 is 5.91 Å². The molecule has 0 bridgehead atoms. The van der Waals surface area contributed by atoms with Crippen molar-refractivity contribution in [1.82, 2.24) is 4.90 Å². The lowest BCUT2D eigenvalue weighted by molar-refractivity contribution is -0.132. The maximum Gasteiger partial charge on any atom is 0.240 e. The van der Waals surface area contributed by atoms with E-state index in [0.717, 1.165) is 19.5 Å². The molecule has 0 aromatic rings. The monoisotopic (exact) mass is 182 g/mol. The summed E-state index contributed by atoms with van der Waals surface area (Å²) < 4.78 is 0. The van der Waals surface area contributed by atoms with E-state index in [1.807, 2.05) is 19.1 Å². The fraction of sp³-hybridized carbons (Fsp3) is 0.700. The minimum absolute atomic E-state index is 0.0827. The van der Waals surface area contributed by atoms with E-state index in [2.05, 4.69) is 6.92 Å². The normalized spacial score (nSPS) is 20.4. The summed E-state index contributed by atoms with van der Waals surface area (Å²) in [6, 6.07) is -0.329. The molecule has 0 saturated carbocycles. The molecule has 1 aliphatic heterocycles. The van der Waals surface area contributed by atoms with Crippen LogP contribution in [0, 0.1) is 5.92 Å². The summed E-state index contributed by atoms with van der Waals surface area (Å²) >= 11 is 0. The van der Waals surface area contributed by atoms with Gasteiger partial charge in [0.15, 0.2) is 0 Å². The number of carbonyl (C=O) groups excluding carboxylic acids is 1. The maximum atomic E-state index is 11.7. The van der Waals surface area contributed by atoms with Crippen LogP contribution in [0.5, 0.6) is 0 Å². The van der Waals surface area contributed by atoms with Gasteiger partial charge in [-0.15, -0.1) is 0 Å². The molecule has 2 unspecified atom stereocenters. The van der Waals surface area contributed by atoms with Gasteiger partial charge >= 0.3 is 0 Å². The summed E-state index contributed by atoms with van der Waals surface area (Å²) in [7, 11) is 0. The first kappa shape index (κ1) is 10.3. The molecule has 0 saturated heterocycles. The van der Waals surface area contributed by atoms with Crippen LogP contribution >= 0.6 is 0 Å². The maximum absolute atomic E-state index is 11.7. The van der Waals surface area contributed by atoms with Gasteiger partial charge < -0.3 is 10.6 Å². The molecule has 2 N–H and O–H groups in total. The summed E-state index contributed by atoms with van der Waals surface area (Å²) in [4.78, 5) is 13.5. The molecule has 1 amide bonds. The van der Waals surface area contributed by atoms with Crippen LogP contribution in [-0.4, -0.2) is 29.9 Å². The fourth-order valence-electron chi connectivity index (χ4n) is 1.37. The van der Waals surface area contributed by atoms with Crippen LogP contribution in [0.3, 0.4) is 0 Å². The third kappa shape index (κ3) is 2.31. The van der Waals surface area contributed by atoms with Gasteiger partial charge in [0.05, 0.1) is 6.04 Å². The molecule has 1 aliphatic rings. The zero-order valence-electron chi connectivity index (χ0n) is 8.36. The summed E-state index contributed by atoms with van der Waals surface area (Å²) in [5.74, 6) is 0.354. The topological polar surface area (TPSA) is 46.3 Å². The van der Waals surface area contributed by atoms with Crippen molar-refractivity contribution in [2.45, 2.75) is 26.3 Å². The molecule has 1 rings (SSSR count). The zero-order chi connectivity index (χ0) is 9.84. The van der Waals surface area contributed by atoms with Crippen molar-refractivity contribution in [2.24, 2.45) is 11.7 Å². The van der Waals surface area contributed by atoms with Gasteiger partial charge in [-0.1, -0.05) is 32.4 Å². The Labute approximate surface area is 79.6 Å². The van der Waals surface area contributed by atoms with E-state index >= 15 is 0 Å². The van der Waals surface area contributed by atoms with Crippen molar-refractivity contribution in [3.63, 3.8) is 0 Å². The average Bonchev–Trinajstić information content (AvgIpc) is 2.67. The third-order valence-corrected chi connectivity index (χ3v) is 2.67. The van der Waals surface area contributed by atoms with Crippen molar-refractivity contribution < 1.29 is 4.79 Å². The highest BCUT2D eigenvalue weighted by Crippen LogP contribution is 2.10. The number of hydrogen-bond acceptors (Lipinski definition) is 2. The van der Waals surface area contributed by atoms with Crippen LogP contribution in [0.15, 0.2) is 12.2 Å². The summed E-state index contributed by atoms with van der Waals surface area (Å²) in [6.07, 6.45) is 4.96. The van der Waals surface area contributed by atoms with Crippen molar-refractivity contribution in [3.05, 3.63) is 12.2 Å². The second-order valence-electron chi connectivity index (χ2n) is 3.63. The SMILES string of the molecule is CCC(C)C(N)C(=O)N1CC=CC1. The Bertz CT molecular complexity index is 205. The Morgan fingerprint density at radius 1 is 1.54 bits per heavy atom. The number of nitrogens with two attached hydrogens (primary N) is 1. The molecular weight excluding hydrogens is 164 g/mol. The first-order chi connectivity index (χ1) is 6.16. The van der Waals surface area contributed by atoms with Crippen molar-refractivity contribution in [3.8, 4) is 0 Å². The second kappa shape index (κ2) is 4.42. The molecular formula is C10H18N2O. The van der Waals surface area contributed by atoms with Gasteiger partial charge in [0.2, 0.25) is 5.91 Å². The Morgan fingerprint density at radius 2 is 2.08 bits per heavy atom. The second-order valence-corrected chi connectivity index (χ2v) is 3.63. The molecule has 0 radical (unpaired) electrons. The van der Waals surface area contributed by atoms with Crippen LogP contribution in [0.2, 0.25) is 0 Å². The molecule has 0 spiro atoms. The number of hydrogen-bond donors (Lipinski definition) is 1. The van der Waals surface area contributed by atoms with Gasteiger partial charge in [-0.2, -0.15) is 0 Å². The van der Waals surface area contributed by atoms with E-state index in [1.54, 1.807) is 4.90 Å². The number of carbonyl (C=O) groups is 1. The molecule has 0 fully saturated rings. The molecule has 2 atom stereocenters. The van der Waals surface area contributed by atoms with Crippen LogP contribution in [0.4, 0.5) is 0 Å². The first-order valence-electron chi connectivity index (χ1n) is 4.86. The number of amides is 1. The van der Waals surface area contributed by atoms with Gasteiger partial charge in [-0.05, 0) is 5.92 Å². The van der Waals surface area contributed by atoms with Crippen LogP contribution in [0.1, 0.15) is 20.3 Å². The largest absolute Gasteiger partial charge is 0.334 e. The smallest absolute Gasteiger partial charge is 0.240 e. The standard InChI is InChI=1S/C10H18N2O/c1-3-8(2)9(11)10(13)12-6-4-5-7-12/h4-5,8-9H,3,6-7,11H2,1-2H3. The van der Waals surface area contributed by atoms with Gasteiger partial charge in [0, 0.05) is 13.1 Å². The minimum atomic E-state index is -0.329. The van der Waals surface area contributed by atoms with Crippen LogP contribution < -0.4 is 5.73 Å². The predicted octanol–water partition coefficient (Wildman–Crippen LogP) is 0.758. The lowest BCUT2D eigenvalue weighted by atomic mass is 9.99. The lowest BCUT2D eigenvalue weighted by Gasteiger charge is -2.23. The number of rotatable bonds is 3. The average molecular weight is 182 g/mol. The third-order valence-electron chi connectivity index (χ3n) is 2.67. The molecule has 3 nitrogen and oxygen atoms in total. The molecule has 0 aromatic carbocycles. The van der Waals surface area contributed by atoms with Gasteiger partial charge in [0.25, 0.3) is 0 Å². The van der Waals surface area contributed by atoms with Gasteiger partial charge in [-0.25, -0.2) is 0 Å². The fourth-order valence-corrected chi connectivity index (χ4v) is 1.37. The van der Waals surface area contributed by atoms with Gasteiger partial charge in [0.1, 0.15) is 0 Å². The molecule has 1 heterocycles. The van der Waals surface area contributed by atoms with Crippen LogP contribution in [-0.2, 0) is 4.79 Å². The first-order valence-corrected chi connectivity index (χ1v) is 4.86. The van der Waals surface area contributed by atoms with E-state index in [0.29, 0.717) is 0 Å². The highest BCUT2D eigenvalue weighted by Gasteiger charge is 2.24. The highest BCUT2D eigenvalue weighted by molar-refractivity contribution is 5.82. The van der Waals surface area contributed by atoms with E-state index in [1.165, 1.54) is 0 Å². The van der Waals surface area contributed by atoms with Crippen LogP contribution in [0.25, 0.3) is 0 Å².